The fourth-order valence-corrected chi connectivity index (χ4v) is 4.39. The zero-order valence-corrected chi connectivity index (χ0v) is 11.7. The first-order valence-electron chi connectivity index (χ1n) is 7.38. The van der Waals surface area contributed by atoms with Crippen LogP contribution in [0.4, 0.5) is 8.78 Å². The Morgan fingerprint density at radius 3 is 2.45 bits per heavy atom. The van der Waals surface area contributed by atoms with Crippen molar-refractivity contribution < 1.29 is 8.78 Å². The lowest BCUT2D eigenvalue weighted by Crippen LogP contribution is -2.09. The molecule has 1 aromatic heterocycles. The molecule has 2 aliphatic rings. The van der Waals surface area contributed by atoms with Crippen LogP contribution >= 0.6 is 0 Å². The van der Waals surface area contributed by atoms with Gasteiger partial charge in [0.25, 0.3) is 0 Å². The second-order valence-corrected chi connectivity index (χ2v) is 6.68. The van der Waals surface area contributed by atoms with E-state index < -0.39 is 11.6 Å². The Bertz CT molecular complexity index is 664. The molecule has 0 bridgehead atoms. The number of hydrogen-bond acceptors (Lipinski definition) is 1. The molecule has 0 amide bonds. The minimum absolute atomic E-state index is 0.398. The standard InChI is InChI=1S/C16H18F2N2/c1-8(2)16-10-3-9(4-11(10)16)20-7-19-14-5-12(17)13(18)6-15(14)20/h5-11,16H,3-4H2,1-2H3. The van der Waals surface area contributed by atoms with Crippen molar-refractivity contribution in [3.8, 4) is 0 Å². The van der Waals surface area contributed by atoms with Gasteiger partial charge in [-0.2, -0.15) is 0 Å². The van der Waals surface area contributed by atoms with Crippen molar-refractivity contribution >= 4 is 11.0 Å². The van der Waals surface area contributed by atoms with Crippen molar-refractivity contribution in [3.63, 3.8) is 0 Å². The van der Waals surface area contributed by atoms with Crippen molar-refractivity contribution in [2.24, 2.45) is 23.7 Å². The highest BCUT2D eigenvalue weighted by atomic mass is 19.2. The molecule has 2 saturated carbocycles. The number of hydrogen-bond donors (Lipinski definition) is 0. The summed E-state index contributed by atoms with van der Waals surface area (Å²) in [5.41, 5.74) is 1.26. The van der Waals surface area contributed by atoms with Gasteiger partial charge in [-0.05, 0) is 36.5 Å². The Hall–Kier alpha value is -1.45. The lowest BCUT2D eigenvalue weighted by molar-refractivity contribution is 0.384. The molecular weight excluding hydrogens is 258 g/mol. The fraction of sp³-hybridized carbons (Fsp3) is 0.562. The predicted octanol–water partition coefficient (Wildman–Crippen LogP) is 4.17. The van der Waals surface area contributed by atoms with Gasteiger partial charge in [-0.1, -0.05) is 13.8 Å². The van der Waals surface area contributed by atoms with Crippen molar-refractivity contribution in [1.82, 2.24) is 9.55 Å². The van der Waals surface area contributed by atoms with Crippen LogP contribution in [0.3, 0.4) is 0 Å². The van der Waals surface area contributed by atoms with E-state index in [9.17, 15) is 8.78 Å². The third kappa shape index (κ3) is 1.63. The minimum atomic E-state index is -0.822. The average molecular weight is 276 g/mol. The first-order valence-corrected chi connectivity index (χ1v) is 7.38. The molecule has 0 spiro atoms. The molecule has 2 atom stereocenters. The maximum absolute atomic E-state index is 13.4. The van der Waals surface area contributed by atoms with Gasteiger partial charge in [0.05, 0.1) is 17.4 Å². The highest BCUT2D eigenvalue weighted by Gasteiger charge is 2.57. The third-order valence-corrected chi connectivity index (χ3v) is 5.27. The zero-order chi connectivity index (χ0) is 14.0. The summed E-state index contributed by atoms with van der Waals surface area (Å²) in [7, 11) is 0. The van der Waals surface area contributed by atoms with Gasteiger partial charge in [-0.25, -0.2) is 13.8 Å². The lowest BCUT2D eigenvalue weighted by Gasteiger charge is -2.18. The van der Waals surface area contributed by atoms with Crippen LogP contribution < -0.4 is 0 Å². The zero-order valence-electron chi connectivity index (χ0n) is 11.7. The van der Waals surface area contributed by atoms with Gasteiger partial charge in [0, 0.05) is 18.2 Å². The van der Waals surface area contributed by atoms with Crippen LogP contribution in [0.1, 0.15) is 32.7 Å². The Labute approximate surface area is 116 Å². The summed E-state index contributed by atoms with van der Waals surface area (Å²) in [6, 6.07) is 2.87. The van der Waals surface area contributed by atoms with Crippen molar-refractivity contribution in [1.29, 1.82) is 0 Å². The van der Waals surface area contributed by atoms with E-state index >= 15 is 0 Å². The van der Waals surface area contributed by atoms with E-state index in [4.69, 9.17) is 0 Å². The van der Waals surface area contributed by atoms with Gasteiger partial charge in [0.2, 0.25) is 0 Å². The maximum atomic E-state index is 13.4. The smallest absolute Gasteiger partial charge is 0.161 e. The first kappa shape index (κ1) is 12.3. The molecule has 2 aromatic rings. The molecule has 0 aliphatic heterocycles. The van der Waals surface area contributed by atoms with Gasteiger partial charge >= 0.3 is 0 Å². The summed E-state index contributed by atoms with van der Waals surface area (Å²) in [6.45, 7) is 4.59. The number of fused-ring (bicyclic) bond motifs is 2. The van der Waals surface area contributed by atoms with Gasteiger partial charge in [-0.3, -0.25) is 0 Å². The quantitative estimate of drug-likeness (QED) is 0.805. The number of aromatic nitrogens is 2. The average Bonchev–Trinajstić information content (AvgIpc) is 2.74. The van der Waals surface area contributed by atoms with Gasteiger partial charge in [0.15, 0.2) is 11.6 Å². The van der Waals surface area contributed by atoms with E-state index in [1.165, 1.54) is 12.1 Å². The van der Waals surface area contributed by atoms with E-state index in [-0.39, 0.29) is 0 Å². The van der Waals surface area contributed by atoms with Crippen LogP contribution in [0.5, 0.6) is 0 Å². The molecule has 0 radical (unpaired) electrons. The minimum Gasteiger partial charge on any atom is -0.327 e. The molecule has 20 heavy (non-hydrogen) atoms. The molecule has 2 nitrogen and oxygen atoms in total. The molecule has 2 unspecified atom stereocenters. The lowest BCUT2D eigenvalue weighted by atomic mass is 9.98. The SMILES string of the molecule is CC(C)C1C2CC(n3cnc4cc(F)c(F)cc43)CC21. The maximum Gasteiger partial charge on any atom is 0.161 e. The Morgan fingerprint density at radius 2 is 1.80 bits per heavy atom. The first-order chi connectivity index (χ1) is 9.56. The van der Waals surface area contributed by atoms with E-state index in [0.29, 0.717) is 11.6 Å². The summed E-state index contributed by atoms with van der Waals surface area (Å²) in [6.07, 6.45) is 4.04. The number of rotatable bonds is 2. The molecule has 0 saturated heterocycles. The molecule has 4 heteroatoms. The number of halogens is 2. The molecule has 2 aliphatic carbocycles. The van der Waals surface area contributed by atoms with Gasteiger partial charge in [-0.15, -0.1) is 0 Å². The number of imidazole rings is 1. The van der Waals surface area contributed by atoms with Crippen molar-refractivity contribution in [2.75, 3.05) is 0 Å². The summed E-state index contributed by atoms with van der Waals surface area (Å²) < 4.78 is 28.7. The van der Waals surface area contributed by atoms with E-state index in [1.807, 2.05) is 4.57 Å². The number of nitrogens with zero attached hydrogens (tertiary/aromatic N) is 2. The van der Waals surface area contributed by atoms with Gasteiger partial charge < -0.3 is 4.57 Å². The highest BCUT2D eigenvalue weighted by molar-refractivity contribution is 5.75. The molecule has 1 heterocycles. The summed E-state index contributed by atoms with van der Waals surface area (Å²) in [5.74, 6) is 1.66. The molecule has 0 N–H and O–H groups in total. The Kier molecular flexibility index (Phi) is 2.48. The van der Waals surface area contributed by atoms with Crippen molar-refractivity contribution in [2.45, 2.75) is 32.7 Å². The largest absolute Gasteiger partial charge is 0.327 e. The van der Waals surface area contributed by atoms with Crippen LogP contribution in [0.25, 0.3) is 11.0 Å². The summed E-state index contributed by atoms with van der Waals surface area (Å²) >= 11 is 0. The molecule has 4 rings (SSSR count). The Morgan fingerprint density at radius 1 is 1.15 bits per heavy atom. The van der Waals surface area contributed by atoms with Gasteiger partial charge in [0.1, 0.15) is 0 Å². The Balaban J connectivity index is 1.64. The van der Waals surface area contributed by atoms with E-state index in [2.05, 4.69) is 18.8 Å². The van der Waals surface area contributed by atoms with Crippen molar-refractivity contribution in [3.05, 3.63) is 30.1 Å². The normalized spacial score (nSPS) is 32.0. The van der Waals surface area contributed by atoms with E-state index in [0.717, 1.165) is 42.0 Å². The highest BCUT2D eigenvalue weighted by Crippen LogP contribution is 2.63. The van der Waals surface area contributed by atoms with E-state index in [1.54, 1.807) is 6.33 Å². The van der Waals surface area contributed by atoms with Crippen LogP contribution in [0.15, 0.2) is 18.5 Å². The molecular formula is C16H18F2N2. The second kappa shape index (κ2) is 4.03. The molecule has 1 aromatic carbocycles. The van der Waals surface area contributed by atoms with Crippen LogP contribution in [-0.2, 0) is 0 Å². The molecule has 2 fully saturated rings. The topological polar surface area (TPSA) is 17.8 Å². The summed E-state index contributed by atoms with van der Waals surface area (Å²) in [5, 5.41) is 0. The molecule has 106 valence electrons. The predicted molar refractivity (Wildman–Crippen MR) is 73.2 cm³/mol. The summed E-state index contributed by atoms with van der Waals surface area (Å²) in [4.78, 5) is 4.22. The monoisotopic (exact) mass is 276 g/mol. The third-order valence-electron chi connectivity index (χ3n) is 5.27. The second-order valence-electron chi connectivity index (χ2n) is 6.68. The number of benzene rings is 1. The van der Waals surface area contributed by atoms with Crippen LogP contribution in [0.2, 0.25) is 0 Å². The fourth-order valence-electron chi connectivity index (χ4n) is 4.39. The van der Waals surface area contributed by atoms with Crippen LogP contribution in [0, 0.1) is 35.3 Å². The van der Waals surface area contributed by atoms with Crippen LogP contribution in [-0.4, -0.2) is 9.55 Å².